The van der Waals surface area contributed by atoms with E-state index in [9.17, 15) is 9.90 Å². The number of nitrogens with one attached hydrogen (secondary N) is 2. The van der Waals surface area contributed by atoms with E-state index in [1.807, 2.05) is 24.3 Å². The lowest BCUT2D eigenvalue weighted by Crippen LogP contribution is -2.40. The summed E-state index contributed by atoms with van der Waals surface area (Å²) in [6.07, 6.45) is 5.10. The van der Waals surface area contributed by atoms with Crippen molar-refractivity contribution < 1.29 is 14.3 Å². The first-order valence-corrected chi connectivity index (χ1v) is 8.71. The molecule has 1 aliphatic rings. The number of nitrogens with zero attached hydrogens (tertiary/aromatic N) is 1. The Morgan fingerprint density at radius 3 is 2.68 bits per heavy atom. The minimum Gasteiger partial charge on any atom is -0.466 e. The Morgan fingerprint density at radius 1 is 1.20 bits per heavy atom. The maximum Gasteiger partial charge on any atom is 0.319 e. The molecule has 2 amide bonds. The van der Waals surface area contributed by atoms with Crippen LogP contribution >= 0.6 is 0 Å². The lowest BCUT2D eigenvalue weighted by molar-refractivity contribution is 0.0372. The fourth-order valence-corrected chi connectivity index (χ4v) is 3.08. The number of furan rings is 1. The van der Waals surface area contributed by atoms with E-state index in [0.29, 0.717) is 5.76 Å². The zero-order valence-electron chi connectivity index (χ0n) is 14.5. The Bertz CT molecular complexity index is 692. The number of benzene rings is 1. The number of rotatable bonds is 5. The number of aliphatic hydroxyl groups is 1. The van der Waals surface area contributed by atoms with Crippen molar-refractivity contribution >= 4 is 17.4 Å². The molecule has 1 saturated heterocycles. The summed E-state index contributed by atoms with van der Waals surface area (Å²) in [6.45, 7) is 3.67. The SMILES string of the molecule is CC(O)(CNC(=O)Nc1ccccc1N1CCCCC1)c1ccco1. The van der Waals surface area contributed by atoms with Crippen molar-refractivity contribution in [2.75, 3.05) is 29.9 Å². The minimum absolute atomic E-state index is 0.0538. The van der Waals surface area contributed by atoms with Crippen LogP contribution in [0.1, 0.15) is 31.9 Å². The largest absolute Gasteiger partial charge is 0.466 e. The second-order valence-corrected chi connectivity index (χ2v) is 6.62. The van der Waals surface area contributed by atoms with Gasteiger partial charge in [0.15, 0.2) is 0 Å². The lowest BCUT2D eigenvalue weighted by Gasteiger charge is -2.30. The van der Waals surface area contributed by atoms with Crippen LogP contribution in [0.2, 0.25) is 0 Å². The maximum absolute atomic E-state index is 12.3. The molecule has 3 rings (SSSR count). The molecule has 0 spiro atoms. The molecule has 6 heteroatoms. The number of amides is 2. The van der Waals surface area contributed by atoms with E-state index in [-0.39, 0.29) is 12.6 Å². The molecule has 1 fully saturated rings. The van der Waals surface area contributed by atoms with Gasteiger partial charge in [0.2, 0.25) is 0 Å². The standard InChI is InChI=1S/C19H25N3O3/c1-19(24,17-10-7-13-25-17)14-20-18(23)21-15-8-3-4-9-16(15)22-11-5-2-6-12-22/h3-4,7-10,13,24H,2,5-6,11-12,14H2,1H3,(H2,20,21,23). The monoisotopic (exact) mass is 343 g/mol. The van der Waals surface area contributed by atoms with Crippen LogP contribution in [0.25, 0.3) is 0 Å². The van der Waals surface area contributed by atoms with E-state index >= 15 is 0 Å². The molecule has 1 aromatic heterocycles. The smallest absolute Gasteiger partial charge is 0.319 e. The van der Waals surface area contributed by atoms with Gasteiger partial charge in [-0.1, -0.05) is 12.1 Å². The van der Waals surface area contributed by atoms with Gasteiger partial charge in [-0.2, -0.15) is 0 Å². The van der Waals surface area contributed by atoms with E-state index in [1.165, 1.54) is 25.5 Å². The zero-order valence-corrected chi connectivity index (χ0v) is 14.5. The molecule has 0 aliphatic carbocycles. The average molecular weight is 343 g/mol. The number of piperidine rings is 1. The highest BCUT2D eigenvalue weighted by Gasteiger charge is 2.27. The van der Waals surface area contributed by atoms with Gasteiger partial charge in [-0.25, -0.2) is 4.79 Å². The minimum atomic E-state index is -1.26. The number of anilines is 2. The predicted octanol–water partition coefficient (Wildman–Crippen LogP) is 3.30. The summed E-state index contributed by atoms with van der Waals surface area (Å²) in [5.41, 5.74) is 0.558. The number of para-hydroxylation sites is 2. The van der Waals surface area contributed by atoms with E-state index in [4.69, 9.17) is 4.42 Å². The second kappa shape index (κ2) is 7.61. The van der Waals surface area contributed by atoms with E-state index in [2.05, 4.69) is 15.5 Å². The maximum atomic E-state index is 12.3. The molecule has 0 bridgehead atoms. The van der Waals surface area contributed by atoms with Crippen LogP contribution in [-0.2, 0) is 5.60 Å². The van der Waals surface area contributed by atoms with Crippen LogP contribution in [0, 0.1) is 0 Å². The number of urea groups is 1. The molecule has 1 atom stereocenters. The molecule has 134 valence electrons. The molecular weight excluding hydrogens is 318 g/mol. The third-order valence-corrected chi connectivity index (χ3v) is 4.49. The summed E-state index contributed by atoms with van der Waals surface area (Å²) in [5.74, 6) is 0.418. The third-order valence-electron chi connectivity index (χ3n) is 4.49. The van der Waals surface area contributed by atoms with E-state index < -0.39 is 5.60 Å². The van der Waals surface area contributed by atoms with E-state index in [0.717, 1.165) is 24.5 Å². The van der Waals surface area contributed by atoms with Gasteiger partial charge < -0.3 is 25.1 Å². The van der Waals surface area contributed by atoms with Crippen molar-refractivity contribution in [3.8, 4) is 0 Å². The van der Waals surface area contributed by atoms with Crippen LogP contribution in [0.4, 0.5) is 16.2 Å². The first-order valence-electron chi connectivity index (χ1n) is 8.71. The van der Waals surface area contributed by atoms with Gasteiger partial charge in [-0.3, -0.25) is 0 Å². The van der Waals surface area contributed by atoms with Gasteiger partial charge in [0.05, 0.1) is 24.2 Å². The first kappa shape index (κ1) is 17.4. The topological polar surface area (TPSA) is 77.7 Å². The lowest BCUT2D eigenvalue weighted by atomic mass is 10.0. The molecule has 0 radical (unpaired) electrons. The highest BCUT2D eigenvalue weighted by Crippen LogP contribution is 2.28. The van der Waals surface area contributed by atoms with Crippen LogP contribution in [-0.4, -0.2) is 30.8 Å². The van der Waals surface area contributed by atoms with Gasteiger partial charge in [0.25, 0.3) is 0 Å². The Hall–Kier alpha value is -2.47. The third kappa shape index (κ3) is 4.33. The number of carbonyl (C=O) groups is 1. The van der Waals surface area contributed by atoms with Crippen LogP contribution in [0.5, 0.6) is 0 Å². The first-order chi connectivity index (χ1) is 12.1. The number of carbonyl (C=O) groups excluding carboxylic acids is 1. The van der Waals surface area contributed by atoms with Gasteiger partial charge in [-0.15, -0.1) is 0 Å². The molecule has 1 aromatic carbocycles. The summed E-state index contributed by atoms with van der Waals surface area (Å²) >= 11 is 0. The number of hydrogen-bond acceptors (Lipinski definition) is 4. The molecule has 25 heavy (non-hydrogen) atoms. The molecule has 1 unspecified atom stereocenters. The zero-order chi connectivity index (χ0) is 17.7. The Balaban J connectivity index is 1.61. The molecular formula is C19H25N3O3. The van der Waals surface area contributed by atoms with Crippen molar-refractivity contribution in [3.05, 3.63) is 48.4 Å². The Morgan fingerprint density at radius 2 is 1.96 bits per heavy atom. The normalized spacial score (nSPS) is 17.0. The Kier molecular flexibility index (Phi) is 5.28. The van der Waals surface area contributed by atoms with Crippen molar-refractivity contribution in [2.24, 2.45) is 0 Å². The average Bonchev–Trinajstić information content (AvgIpc) is 3.17. The molecule has 1 aliphatic heterocycles. The fourth-order valence-electron chi connectivity index (χ4n) is 3.08. The Labute approximate surface area is 147 Å². The van der Waals surface area contributed by atoms with Crippen molar-refractivity contribution in [3.63, 3.8) is 0 Å². The van der Waals surface area contributed by atoms with Crippen molar-refractivity contribution in [1.29, 1.82) is 0 Å². The predicted molar refractivity (Wildman–Crippen MR) is 97.8 cm³/mol. The van der Waals surface area contributed by atoms with Gasteiger partial charge in [0, 0.05) is 13.1 Å². The van der Waals surface area contributed by atoms with Crippen LogP contribution in [0.3, 0.4) is 0 Å². The van der Waals surface area contributed by atoms with Gasteiger partial charge in [0.1, 0.15) is 11.4 Å². The highest BCUT2D eigenvalue weighted by atomic mass is 16.4. The van der Waals surface area contributed by atoms with Gasteiger partial charge in [-0.05, 0) is 50.5 Å². The molecule has 2 aromatic rings. The molecule has 6 nitrogen and oxygen atoms in total. The quantitative estimate of drug-likeness (QED) is 0.778. The molecule has 2 heterocycles. The summed E-state index contributed by atoms with van der Waals surface area (Å²) in [6, 6.07) is 10.9. The summed E-state index contributed by atoms with van der Waals surface area (Å²) in [7, 11) is 0. The number of hydrogen-bond donors (Lipinski definition) is 3. The van der Waals surface area contributed by atoms with Crippen molar-refractivity contribution in [2.45, 2.75) is 31.8 Å². The highest BCUT2D eigenvalue weighted by molar-refractivity contribution is 5.93. The van der Waals surface area contributed by atoms with E-state index in [1.54, 1.807) is 19.1 Å². The summed E-state index contributed by atoms with van der Waals surface area (Å²) in [4.78, 5) is 14.6. The molecule has 3 N–H and O–H groups in total. The van der Waals surface area contributed by atoms with Crippen molar-refractivity contribution in [1.82, 2.24) is 5.32 Å². The summed E-state index contributed by atoms with van der Waals surface area (Å²) in [5, 5.41) is 16.0. The van der Waals surface area contributed by atoms with Gasteiger partial charge >= 0.3 is 6.03 Å². The second-order valence-electron chi connectivity index (χ2n) is 6.62. The fraction of sp³-hybridized carbons (Fsp3) is 0.421. The molecule has 0 saturated carbocycles. The van der Waals surface area contributed by atoms with Crippen LogP contribution < -0.4 is 15.5 Å². The summed E-state index contributed by atoms with van der Waals surface area (Å²) < 4.78 is 5.22. The van der Waals surface area contributed by atoms with Crippen LogP contribution in [0.15, 0.2) is 47.1 Å².